The van der Waals surface area contributed by atoms with Crippen molar-refractivity contribution in [1.29, 1.82) is 5.26 Å². The standard InChI is InChI=1S/C40H43N5O.53H2/c1-12-40(21-41,39(8,9)10)32-13-14-35(26(6)25(32)5)45-37-31-19-29(24(4)17-34(31)42-20-36(37)44(11)38(45)46)30-18-28-15-22(2)23(3)16-33(28)43-27(30)7;;;;;;;;;;;;;;;;;;;;;;;;;;;;;;;;;;;;;;;;;;;;;;;;;;;;;/h13-20H,12H2,1-11H3;53*1H. The van der Waals surface area contributed by atoms with Gasteiger partial charge in [0.05, 0.1) is 45.4 Å². The van der Waals surface area contributed by atoms with Crippen LogP contribution in [0, 0.1) is 58.3 Å². The lowest BCUT2D eigenvalue weighted by molar-refractivity contribution is 0.236. The zero-order chi connectivity index (χ0) is 33.5. The number of hydrogen-bond donors (Lipinski definition) is 0. The molecule has 0 aliphatic carbocycles. The topological polar surface area (TPSA) is 76.5 Å². The van der Waals surface area contributed by atoms with Crippen molar-refractivity contribution < 1.29 is 75.6 Å². The SMILES string of the molecule is CCC(C#N)(c1ccc(-n2c(=O)n(C)c3cnc4cc(C)c(-c5cc6cc(C)c(C)cc6nc5C)cc4c32)c(C)c1C)C(C)(C)C.[HH].[HH].[HH].[HH].[HH].[HH].[HH].[HH].[HH].[HH].[HH].[HH].[HH].[HH].[HH].[HH].[HH].[HH].[HH].[HH].[HH].[HH].[HH].[HH].[HH].[HH].[HH].[HH].[HH].[HH].[HH].[HH].[HH].[HH].[HH].[HH].[HH].[HH].[HH].[HH].[HH].[HH].[HH].[HH].[HH].[HH].[HH].[HH].[HH].[HH].[HH].[HH].[HH]. The molecule has 0 radical (unpaired) electrons. The summed E-state index contributed by atoms with van der Waals surface area (Å²) in [5, 5.41) is 12.5. The fraction of sp³-hybridized carbons (Fsp3) is 0.350. The highest BCUT2D eigenvalue weighted by molar-refractivity contribution is 6.05. The van der Waals surface area contributed by atoms with Crippen LogP contribution in [0.15, 0.2) is 53.5 Å². The minimum absolute atomic E-state index is 0. The van der Waals surface area contributed by atoms with Gasteiger partial charge in [-0.2, -0.15) is 5.26 Å². The summed E-state index contributed by atoms with van der Waals surface area (Å²) in [6, 6.07) is 17.7. The maximum absolute atomic E-state index is 14.1. The van der Waals surface area contributed by atoms with Crippen LogP contribution >= 0.6 is 0 Å². The highest BCUT2D eigenvalue weighted by Gasteiger charge is 2.43. The molecule has 6 nitrogen and oxygen atoms in total. The van der Waals surface area contributed by atoms with Crippen molar-refractivity contribution >= 4 is 32.8 Å². The molecule has 1 unspecified atom stereocenters. The number of aromatic nitrogens is 4. The van der Waals surface area contributed by atoms with Gasteiger partial charge in [0.2, 0.25) is 0 Å². The van der Waals surface area contributed by atoms with Crippen LogP contribution in [-0.4, -0.2) is 19.1 Å². The average molecular weight is 717 g/mol. The monoisotopic (exact) mass is 716 g/mol. The lowest BCUT2D eigenvalue weighted by atomic mass is 9.61. The van der Waals surface area contributed by atoms with Gasteiger partial charge in [-0.3, -0.25) is 19.1 Å². The van der Waals surface area contributed by atoms with Crippen molar-refractivity contribution in [2.45, 2.75) is 81.1 Å². The Morgan fingerprint density at radius 2 is 1.54 bits per heavy atom. The molecular formula is C40H149N5O. The van der Waals surface area contributed by atoms with Gasteiger partial charge in [-0.1, -0.05) is 33.8 Å². The van der Waals surface area contributed by atoms with Crippen LogP contribution in [-0.2, 0) is 12.5 Å². The summed E-state index contributed by atoms with van der Waals surface area (Å²) < 4.78 is 3.51. The van der Waals surface area contributed by atoms with Crippen molar-refractivity contribution in [1.82, 2.24) is 19.1 Å². The van der Waals surface area contributed by atoms with Crippen molar-refractivity contribution in [3.63, 3.8) is 0 Å². The lowest BCUT2D eigenvalue weighted by Crippen LogP contribution is -2.39. The average Bonchev–Trinajstić information content (AvgIpc) is 3.25. The van der Waals surface area contributed by atoms with Crippen LogP contribution in [0.2, 0.25) is 0 Å². The van der Waals surface area contributed by atoms with E-state index in [2.05, 4.69) is 112 Å². The van der Waals surface area contributed by atoms with Gasteiger partial charge in [0.25, 0.3) is 0 Å². The second-order valence-electron chi connectivity index (χ2n) is 14.1. The molecule has 0 fully saturated rings. The Labute approximate surface area is 350 Å². The third-order valence-corrected chi connectivity index (χ3v) is 10.6. The molecule has 0 saturated heterocycles. The second kappa shape index (κ2) is 10.7. The van der Waals surface area contributed by atoms with E-state index in [4.69, 9.17) is 9.97 Å². The zero-order valence-electron chi connectivity index (χ0n) is 29.0. The summed E-state index contributed by atoms with van der Waals surface area (Å²) in [5.41, 5.74) is 12.9. The fourth-order valence-electron chi connectivity index (χ4n) is 7.41. The van der Waals surface area contributed by atoms with Gasteiger partial charge < -0.3 is 0 Å². The minimum atomic E-state index is -0.657. The molecule has 0 aliphatic heterocycles. The summed E-state index contributed by atoms with van der Waals surface area (Å²) in [4.78, 5) is 23.9. The molecule has 3 aromatic carbocycles. The third kappa shape index (κ3) is 4.40. The quantitative estimate of drug-likeness (QED) is 0.182. The molecule has 0 amide bonds. The number of fused-ring (bicyclic) bond motifs is 4. The summed E-state index contributed by atoms with van der Waals surface area (Å²) in [7, 11) is 1.81. The molecular weight excluding hydrogens is 566 g/mol. The molecule has 0 N–H and O–H groups in total. The van der Waals surface area contributed by atoms with E-state index >= 15 is 0 Å². The van der Waals surface area contributed by atoms with Crippen LogP contribution in [0.5, 0.6) is 0 Å². The molecule has 3 heterocycles. The van der Waals surface area contributed by atoms with E-state index in [-0.39, 0.29) is 86.7 Å². The van der Waals surface area contributed by atoms with Crippen LogP contribution in [0.1, 0.15) is 149 Å². The number of aryl methyl sites for hydroxylation is 5. The van der Waals surface area contributed by atoms with E-state index in [0.717, 1.165) is 77.6 Å². The van der Waals surface area contributed by atoms with Gasteiger partial charge in [-0.05, 0) is 129 Å². The van der Waals surface area contributed by atoms with Crippen molar-refractivity contribution in [3.05, 3.63) is 98.2 Å². The number of pyridine rings is 2. The molecule has 6 rings (SSSR count). The lowest BCUT2D eigenvalue weighted by Gasteiger charge is -2.40. The Morgan fingerprint density at radius 1 is 0.870 bits per heavy atom. The number of benzene rings is 3. The van der Waals surface area contributed by atoms with Gasteiger partial charge in [0.15, 0.2) is 0 Å². The molecule has 0 bridgehead atoms. The molecule has 3 aromatic heterocycles. The smallest absolute Gasteiger partial charge is 0.293 e. The van der Waals surface area contributed by atoms with E-state index in [1.54, 1.807) is 17.8 Å². The molecule has 46 heavy (non-hydrogen) atoms. The van der Waals surface area contributed by atoms with E-state index in [1.165, 1.54) is 11.1 Å². The number of imidazole rings is 1. The molecule has 6 heteroatoms. The molecule has 340 valence electrons. The minimum Gasteiger partial charge on any atom is -0.293 e. The van der Waals surface area contributed by atoms with E-state index in [0.29, 0.717) is 6.42 Å². The van der Waals surface area contributed by atoms with E-state index < -0.39 is 5.41 Å². The molecule has 1 atom stereocenters. The predicted molar refractivity (Wildman–Crippen MR) is 302 cm³/mol. The van der Waals surface area contributed by atoms with Gasteiger partial charge in [0, 0.05) is 105 Å². The molecule has 6 aromatic rings. The van der Waals surface area contributed by atoms with Crippen molar-refractivity contribution in [2.75, 3.05) is 0 Å². The van der Waals surface area contributed by atoms with Crippen molar-refractivity contribution in [3.8, 4) is 22.9 Å². The first-order valence-corrected chi connectivity index (χ1v) is 16.1. The summed E-state index contributed by atoms with van der Waals surface area (Å²) in [5.74, 6) is 0. The van der Waals surface area contributed by atoms with Crippen molar-refractivity contribution in [2.24, 2.45) is 12.5 Å². The van der Waals surface area contributed by atoms with E-state index in [1.807, 2.05) is 10.6 Å². The predicted octanol–water partition coefficient (Wildman–Crippen LogP) is 22.2. The van der Waals surface area contributed by atoms with Crippen LogP contribution in [0.4, 0.5) is 0 Å². The van der Waals surface area contributed by atoms with Crippen LogP contribution < -0.4 is 5.69 Å². The van der Waals surface area contributed by atoms with Crippen LogP contribution in [0.3, 0.4) is 0 Å². The first kappa shape index (κ1) is 31.2. The van der Waals surface area contributed by atoms with Gasteiger partial charge in [0.1, 0.15) is 0 Å². The second-order valence-corrected chi connectivity index (χ2v) is 14.1. The number of nitriles is 1. The summed E-state index contributed by atoms with van der Waals surface area (Å²) >= 11 is 0. The number of hydrogen-bond acceptors (Lipinski definition) is 4. The first-order valence-electron chi connectivity index (χ1n) is 16.1. The maximum Gasteiger partial charge on any atom is 0.333 e. The zero-order valence-corrected chi connectivity index (χ0v) is 29.0. The third-order valence-electron chi connectivity index (χ3n) is 10.6. The Bertz CT molecular complexity index is 2440. The Balaban J connectivity index is -0.0000000107. The highest BCUT2D eigenvalue weighted by atomic mass is 16.1. The summed E-state index contributed by atoms with van der Waals surface area (Å²) in [6.45, 7) is 21.0. The highest BCUT2D eigenvalue weighted by Crippen LogP contribution is 2.46. The van der Waals surface area contributed by atoms with Gasteiger partial charge in [-0.25, -0.2) is 4.79 Å². The summed E-state index contributed by atoms with van der Waals surface area (Å²) in [6.07, 6.45) is 2.50. The maximum atomic E-state index is 14.1. The fourth-order valence-corrected chi connectivity index (χ4v) is 7.41. The molecule has 0 saturated carbocycles. The Hall–Kier alpha value is -4.76. The Morgan fingerprint density at radius 3 is 2.20 bits per heavy atom. The normalized spacial score (nSPS) is 13.4. The van der Waals surface area contributed by atoms with Gasteiger partial charge >= 0.3 is 5.69 Å². The number of rotatable bonds is 4. The Kier molecular flexibility index (Phi) is 7.24. The van der Waals surface area contributed by atoms with Crippen LogP contribution in [0.25, 0.3) is 49.7 Å². The number of nitrogens with zero attached hydrogens (tertiary/aromatic N) is 5. The molecule has 0 spiro atoms. The van der Waals surface area contributed by atoms with E-state index in [9.17, 15) is 10.1 Å². The first-order chi connectivity index (χ1) is 21.6. The largest absolute Gasteiger partial charge is 0.333 e. The van der Waals surface area contributed by atoms with Gasteiger partial charge in [-0.15, -0.1) is 0 Å². The molecule has 0 aliphatic rings.